The third kappa shape index (κ3) is 4.38. The summed E-state index contributed by atoms with van der Waals surface area (Å²) < 4.78 is 2.09. The third-order valence-electron chi connectivity index (χ3n) is 4.20. The SMILES string of the molecule is CC(=O)Nc1ncc(C=CC(=O)N(C)Cc2cc3ccccc3n2C)cn1. The van der Waals surface area contributed by atoms with Crippen molar-refractivity contribution in [1.82, 2.24) is 19.4 Å². The van der Waals surface area contributed by atoms with Gasteiger partial charge in [-0.3, -0.25) is 14.9 Å². The molecule has 0 saturated heterocycles. The van der Waals surface area contributed by atoms with Crippen molar-refractivity contribution < 1.29 is 9.59 Å². The predicted molar refractivity (Wildman–Crippen MR) is 105 cm³/mol. The molecular formula is C20H21N5O2. The van der Waals surface area contributed by atoms with Gasteiger partial charge in [-0.05, 0) is 23.6 Å². The van der Waals surface area contributed by atoms with Crippen LogP contribution in [0.25, 0.3) is 17.0 Å². The molecule has 7 heteroatoms. The van der Waals surface area contributed by atoms with Crippen LogP contribution < -0.4 is 5.32 Å². The highest BCUT2D eigenvalue weighted by molar-refractivity contribution is 5.91. The number of rotatable bonds is 5. The zero-order valence-corrected chi connectivity index (χ0v) is 15.5. The Bertz CT molecular complexity index is 1000. The first-order chi connectivity index (χ1) is 12.9. The largest absolute Gasteiger partial charge is 0.346 e. The van der Waals surface area contributed by atoms with E-state index in [1.54, 1.807) is 30.4 Å². The normalized spacial score (nSPS) is 11.1. The van der Waals surface area contributed by atoms with Crippen LogP contribution in [0, 0.1) is 0 Å². The molecule has 27 heavy (non-hydrogen) atoms. The maximum Gasteiger partial charge on any atom is 0.246 e. The van der Waals surface area contributed by atoms with Gasteiger partial charge in [-0.2, -0.15) is 0 Å². The van der Waals surface area contributed by atoms with Gasteiger partial charge in [0.2, 0.25) is 17.8 Å². The fourth-order valence-corrected chi connectivity index (χ4v) is 2.76. The van der Waals surface area contributed by atoms with Crippen molar-refractivity contribution in [3.63, 3.8) is 0 Å². The number of nitrogens with one attached hydrogen (secondary N) is 1. The first-order valence-corrected chi connectivity index (χ1v) is 8.50. The molecule has 0 unspecified atom stereocenters. The van der Waals surface area contributed by atoms with Crippen LogP contribution in [0.15, 0.2) is 48.8 Å². The highest BCUT2D eigenvalue weighted by Gasteiger charge is 2.10. The number of hydrogen-bond donors (Lipinski definition) is 1. The van der Waals surface area contributed by atoms with E-state index in [0.29, 0.717) is 12.1 Å². The van der Waals surface area contributed by atoms with E-state index >= 15 is 0 Å². The Balaban J connectivity index is 1.65. The molecule has 138 valence electrons. The van der Waals surface area contributed by atoms with Crippen molar-refractivity contribution in [2.24, 2.45) is 7.05 Å². The molecule has 0 aliphatic carbocycles. The average molecular weight is 363 g/mol. The number of aryl methyl sites for hydroxylation is 1. The van der Waals surface area contributed by atoms with Crippen molar-refractivity contribution in [3.05, 3.63) is 60.1 Å². The smallest absolute Gasteiger partial charge is 0.246 e. The number of amides is 2. The fraction of sp³-hybridized carbons (Fsp3) is 0.200. The van der Waals surface area contributed by atoms with Crippen molar-refractivity contribution in [2.75, 3.05) is 12.4 Å². The Labute approximate surface area is 157 Å². The Morgan fingerprint density at radius 3 is 2.59 bits per heavy atom. The van der Waals surface area contributed by atoms with Gasteiger partial charge in [0.15, 0.2) is 0 Å². The third-order valence-corrected chi connectivity index (χ3v) is 4.20. The molecule has 3 aromatic rings. The maximum atomic E-state index is 12.4. The van der Waals surface area contributed by atoms with E-state index in [1.165, 1.54) is 13.0 Å². The van der Waals surface area contributed by atoms with Crippen LogP contribution in [-0.4, -0.2) is 38.3 Å². The molecule has 0 bridgehead atoms. The standard InChI is InChI=1S/C20H21N5O2/c1-14(26)23-20-21-11-15(12-22-20)8-9-19(27)24(2)13-17-10-16-6-4-5-7-18(16)25(17)3/h4-12H,13H2,1-3H3,(H,21,22,23,26). The van der Waals surface area contributed by atoms with Crippen LogP contribution in [0.2, 0.25) is 0 Å². The number of aromatic nitrogens is 3. The molecule has 2 heterocycles. The number of para-hydroxylation sites is 1. The summed E-state index contributed by atoms with van der Waals surface area (Å²) in [4.78, 5) is 33.0. The molecular weight excluding hydrogens is 342 g/mol. The van der Waals surface area contributed by atoms with Gasteiger partial charge in [0, 0.05) is 56.3 Å². The molecule has 7 nitrogen and oxygen atoms in total. The summed E-state index contributed by atoms with van der Waals surface area (Å²) in [6, 6.07) is 10.2. The summed E-state index contributed by atoms with van der Waals surface area (Å²) in [6.45, 7) is 1.90. The van der Waals surface area contributed by atoms with E-state index in [1.807, 2.05) is 19.2 Å². The molecule has 1 aromatic carbocycles. The van der Waals surface area contributed by atoms with E-state index in [9.17, 15) is 9.59 Å². The van der Waals surface area contributed by atoms with E-state index in [4.69, 9.17) is 0 Å². The van der Waals surface area contributed by atoms with E-state index in [-0.39, 0.29) is 17.8 Å². The van der Waals surface area contributed by atoms with Crippen molar-refractivity contribution in [3.8, 4) is 0 Å². The van der Waals surface area contributed by atoms with Gasteiger partial charge in [-0.25, -0.2) is 9.97 Å². The second-order valence-electron chi connectivity index (χ2n) is 6.30. The number of carbonyl (C=O) groups excluding carboxylic acids is 2. The first-order valence-electron chi connectivity index (χ1n) is 8.50. The molecule has 0 fully saturated rings. The number of hydrogen-bond acceptors (Lipinski definition) is 4. The van der Waals surface area contributed by atoms with Crippen LogP contribution in [-0.2, 0) is 23.2 Å². The number of fused-ring (bicyclic) bond motifs is 1. The Morgan fingerprint density at radius 2 is 1.93 bits per heavy atom. The topological polar surface area (TPSA) is 80.1 Å². The monoisotopic (exact) mass is 363 g/mol. The fourth-order valence-electron chi connectivity index (χ4n) is 2.76. The molecule has 0 aliphatic rings. The quantitative estimate of drug-likeness (QED) is 0.707. The predicted octanol–water partition coefficient (Wildman–Crippen LogP) is 2.60. The summed E-state index contributed by atoms with van der Waals surface area (Å²) in [5, 5.41) is 3.65. The number of anilines is 1. The van der Waals surface area contributed by atoms with Crippen LogP contribution in [0.3, 0.4) is 0 Å². The summed E-state index contributed by atoms with van der Waals surface area (Å²) >= 11 is 0. The highest BCUT2D eigenvalue weighted by atomic mass is 16.2. The second kappa shape index (κ2) is 7.82. The summed E-state index contributed by atoms with van der Waals surface area (Å²) in [7, 11) is 3.76. The van der Waals surface area contributed by atoms with Crippen LogP contribution in [0.4, 0.5) is 5.95 Å². The van der Waals surface area contributed by atoms with Crippen LogP contribution in [0.1, 0.15) is 18.2 Å². The lowest BCUT2D eigenvalue weighted by Crippen LogP contribution is -2.25. The molecule has 0 aliphatic heterocycles. The zero-order chi connectivity index (χ0) is 19.4. The first kappa shape index (κ1) is 18.3. The lowest BCUT2D eigenvalue weighted by atomic mass is 10.2. The van der Waals surface area contributed by atoms with Gasteiger partial charge in [-0.1, -0.05) is 18.2 Å². The minimum absolute atomic E-state index is 0.119. The molecule has 0 spiro atoms. The van der Waals surface area contributed by atoms with Gasteiger partial charge in [0.05, 0.1) is 6.54 Å². The van der Waals surface area contributed by atoms with Crippen molar-refractivity contribution in [1.29, 1.82) is 0 Å². The number of likely N-dealkylation sites (N-methyl/N-ethyl adjacent to an activating group) is 1. The molecule has 2 aromatic heterocycles. The van der Waals surface area contributed by atoms with Crippen LogP contribution in [0.5, 0.6) is 0 Å². The highest BCUT2D eigenvalue weighted by Crippen LogP contribution is 2.19. The number of benzene rings is 1. The van der Waals surface area contributed by atoms with E-state index in [0.717, 1.165) is 16.6 Å². The van der Waals surface area contributed by atoms with E-state index in [2.05, 4.69) is 38.1 Å². The Kier molecular flexibility index (Phi) is 5.30. The lowest BCUT2D eigenvalue weighted by molar-refractivity contribution is -0.125. The summed E-state index contributed by atoms with van der Waals surface area (Å²) in [6.07, 6.45) is 6.23. The molecule has 0 radical (unpaired) electrons. The number of carbonyl (C=O) groups is 2. The van der Waals surface area contributed by atoms with Gasteiger partial charge in [0.1, 0.15) is 0 Å². The Morgan fingerprint density at radius 1 is 1.22 bits per heavy atom. The van der Waals surface area contributed by atoms with Gasteiger partial charge in [0.25, 0.3) is 0 Å². The molecule has 0 atom stereocenters. The van der Waals surface area contributed by atoms with E-state index < -0.39 is 0 Å². The van der Waals surface area contributed by atoms with Crippen LogP contribution >= 0.6 is 0 Å². The molecule has 0 saturated carbocycles. The molecule has 2 amide bonds. The lowest BCUT2D eigenvalue weighted by Gasteiger charge is -2.15. The molecule has 1 N–H and O–H groups in total. The average Bonchev–Trinajstić information content (AvgIpc) is 2.96. The zero-order valence-electron chi connectivity index (χ0n) is 15.5. The van der Waals surface area contributed by atoms with Gasteiger partial charge in [-0.15, -0.1) is 0 Å². The summed E-state index contributed by atoms with van der Waals surface area (Å²) in [5.74, 6) is -0.117. The van der Waals surface area contributed by atoms with Crippen molar-refractivity contribution >= 4 is 34.7 Å². The maximum absolute atomic E-state index is 12.4. The second-order valence-corrected chi connectivity index (χ2v) is 6.30. The minimum atomic E-state index is -0.233. The Hall–Kier alpha value is -3.48. The van der Waals surface area contributed by atoms with Gasteiger partial charge < -0.3 is 9.47 Å². The van der Waals surface area contributed by atoms with Crippen molar-refractivity contribution in [2.45, 2.75) is 13.5 Å². The minimum Gasteiger partial charge on any atom is -0.346 e. The van der Waals surface area contributed by atoms with Gasteiger partial charge >= 0.3 is 0 Å². The number of nitrogens with zero attached hydrogens (tertiary/aromatic N) is 4. The summed E-state index contributed by atoms with van der Waals surface area (Å²) in [5.41, 5.74) is 2.87. The molecule has 3 rings (SSSR count).